The maximum absolute atomic E-state index is 11.9. The molecule has 0 fully saturated rings. The van der Waals surface area contributed by atoms with Crippen LogP contribution < -0.4 is 4.83 Å². The maximum Gasteiger partial charge on any atom is 0.316 e. The van der Waals surface area contributed by atoms with Crippen molar-refractivity contribution in [2.24, 2.45) is 5.10 Å². The van der Waals surface area contributed by atoms with E-state index in [0.717, 1.165) is 4.31 Å². The van der Waals surface area contributed by atoms with Crippen LogP contribution in [0.25, 0.3) is 0 Å². The standard InChI is InChI=1S/C10H19Cl2N3O4S/c1-3-19-10(16)8-9(2)13-14-20(17,18)15(6-4-11)7-5-12/h14H,3-8H2,1-2H3/b13-9+. The number of halogens is 2. The third-order valence-electron chi connectivity index (χ3n) is 2.07. The van der Waals surface area contributed by atoms with Crippen molar-refractivity contribution in [1.82, 2.24) is 9.14 Å². The number of esters is 1. The van der Waals surface area contributed by atoms with Crippen LogP contribution in [0.4, 0.5) is 0 Å². The Morgan fingerprint density at radius 1 is 1.30 bits per heavy atom. The predicted molar refractivity (Wildman–Crippen MR) is 79.4 cm³/mol. The van der Waals surface area contributed by atoms with Crippen LogP contribution in [0.3, 0.4) is 0 Å². The Bertz CT molecular complexity index is 422. The SMILES string of the molecule is CCOC(=O)C/C(C)=N/NS(=O)(=O)N(CCCl)CCCl. The molecular weight excluding hydrogens is 329 g/mol. The zero-order valence-corrected chi connectivity index (χ0v) is 13.8. The summed E-state index contributed by atoms with van der Waals surface area (Å²) in [5.41, 5.74) is 0.295. The van der Waals surface area contributed by atoms with Gasteiger partial charge in [0.05, 0.1) is 13.0 Å². The number of hydrogen-bond donors (Lipinski definition) is 1. The van der Waals surface area contributed by atoms with E-state index >= 15 is 0 Å². The molecule has 1 N–H and O–H groups in total. The number of hydrogen-bond acceptors (Lipinski definition) is 5. The van der Waals surface area contributed by atoms with Gasteiger partial charge in [-0.1, -0.05) is 0 Å². The van der Waals surface area contributed by atoms with Crippen molar-refractivity contribution in [3.8, 4) is 0 Å². The normalized spacial score (nSPS) is 12.6. The van der Waals surface area contributed by atoms with Crippen molar-refractivity contribution in [3.63, 3.8) is 0 Å². The van der Waals surface area contributed by atoms with Crippen LogP contribution >= 0.6 is 23.2 Å². The molecule has 0 radical (unpaired) electrons. The minimum Gasteiger partial charge on any atom is -0.466 e. The first-order chi connectivity index (χ1) is 9.37. The zero-order chi connectivity index (χ0) is 15.6. The molecule has 0 aromatic heterocycles. The topological polar surface area (TPSA) is 88.1 Å². The molecule has 118 valence electrons. The molecule has 0 amide bonds. The first-order valence-corrected chi connectivity index (χ1v) is 8.45. The minimum absolute atomic E-state index is 0.0820. The molecule has 0 spiro atoms. The second kappa shape index (κ2) is 10.2. The van der Waals surface area contributed by atoms with Gasteiger partial charge >= 0.3 is 16.2 Å². The molecule has 0 bridgehead atoms. The lowest BCUT2D eigenvalue weighted by Crippen LogP contribution is -2.41. The monoisotopic (exact) mass is 347 g/mol. The van der Waals surface area contributed by atoms with E-state index in [-0.39, 0.29) is 37.9 Å². The number of alkyl halides is 2. The molecule has 0 saturated heterocycles. The summed E-state index contributed by atoms with van der Waals surface area (Å²) in [6.07, 6.45) is -0.0820. The van der Waals surface area contributed by atoms with E-state index in [1.807, 2.05) is 4.83 Å². The predicted octanol–water partition coefficient (Wildman–Crippen LogP) is 0.930. The van der Waals surface area contributed by atoms with Crippen LogP contribution in [0.2, 0.25) is 0 Å². The molecule has 0 saturated carbocycles. The lowest BCUT2D eigenvalue weighted by molar-refractivity contribution is -0.141. The van der Waals surface area contributed by atoms with E-state index in [1.165, 1.54) is 6.92 Å². The molecule has 0 atom stereocenters. The largest absolute Gasteiger partial charge is 0.466 e. The molecule has 10 heteroatoms. The van der Waals surface area contributed by atoms with Crippen molar-refractivity contribution >= 4 is 45.1 Å². The summed E-state index contributed by atoms with van der Waals surface area (Å²) in [4.78, 5) is 13.2. The molecule has 0 rings (SSSR count). The van der Waals surface area contributed by atoms with Gasteiger partial charge in [0.1, 0.15) is 0 Å². The fraction of sp³-hybridized carbons (Fsp3) is 0.800. The highest BCUT2D eigenvalue weighted by atomic mass is 35.5. The Morgan fingerprint density at radius 3 is 2.30 bits per heavy atom. The Kier molecular flexibility index (Phi) is 9.91. The number of nitrogens with zero attached hydrogens (tertiary/aromatic N) is 2. The van der Waals surface area contributed by atoms with E-state index in [4.69, 9.17) is 27.9 Å². The van der Waals surface area contributed by atoms with Gasteiger partial charge in [-0.3, -0.25) is 4.79 Å². The summed E-state index contributed by atoms with van der Waals surface area (Å²) in [5, 5.41) is 3.65. The summed E-state index contributed by atoms with van der Waals surface area (Å²) < 4.78 is 29.6. The highest BCUT2D eigenvalue weighted by Crippen LogP contribution is 2.00. The van der Waals surface area contributed by atoms with Crippen molar-refractivity contribution in [1.29, 1.82) is 0 Å². The smallest absolute Gasteiger partial charge is 0.316 e. The van der Waals surface area contributed by atoms with Gasteiger partial charge in [0.15, 0.2) is 0 Å². The molecule has 7 nitrogen and oxygen atoms in total. The molecule has 20 heavy (non-hydrogen) atoms. The fourth-order valence-corrected chi connectivity index (χ4v) is 2.85. The quantitative estimate of drug-likeness (QED) is 0.275. The molecular formula is C10H19Cl2N3O4S. The molecule has 0 aliphatic carbocycles. The first-order valence-electron chi connectivity index (χ1n) is 5.95. The van der Waals surface area contributed by atoms with Crippen molar-refractivity contribution in [3.05, 3.63) is 0 Å². The number of rotatable bonds is 10. The lowest BCUT2D eigenvalue weighted by Gasteiger charge is -2.19. The van der Waals surface area contributed by atoms with Crippen molar-refractivity contribution in [2.45, 2.75) is 20.3 Å². The van der Waals surface area contributed by atoms with Crippen LogP contribution in [-0.2, 0) is 19.7 Å². The van der Waals surface area contributed by atoms with Gasteiger partial charge in [-0.15, -0.1) is 23.2 Å². The van der Waals surface area contributed by atoms with Crippen LogP contribution in [0, 0.1) is 0 Å². The molecule has 0 aromatic carbocycles. The van der Waals surface area contributed by atoms with E-state index in [1.54, 1.807) is 6.92 Å². The van der Waals surface area contributed by atoms with Gasteiger partial charge in [-0.25, -0.2) is 0 Å². The van der Waals surface area contributed by atoms with Gasteiger partial charge in [0, 0.05) is 30.6 Å². The molecule has 0 unspecified atom stereocenters. The van der Waals surface area contributed by atoms with Gasteiger partial charge in [-0.2, -0.15) is 22.7 Å². The summed E-state index contributed by atoms with van der Waals surface area (Å²) in [6, 6.07) is 0. The van der Waals surface area contributed by atoms with Gasteiger partial charge in [-0.05, 0) is 13.8 Å². The zero-order valence-electron chi connectivity index (χ0n) is 11.4. The van der Waals surface area contributed by atoms with E-state index in [9.17, 15) is 13.2 Å². The molecule has 0 aromatic rings. The van der Waals surface area contributed by atoms with E-state index < -0.39 is 16.2 Å². The maximum atomic E-state index is 11.9. The molecule has 0 heterocycles. The third kappa shape index (κ3) is 7.88. The van der Waals surface area contributed by atoms with Crippen molar-refractivity contribution in [2.75, 3.05) is 31.5 Å². The number of carbonyl (C=O) groups excluding carboxylic acids is 1. The van der Waals surface area contributed by atoms with Crippen molar-refractivity contribution < 1.29 is 17.9 Å². The average Bonchev–Trinajstić information content (AvgIpc) is 2.36. The highest BCUT2D eigenvalue weighted by Gasteiger charge is 2.20. The Hall–Kier alpha value is -0.570. The number of nitrogens with one attached hydrogen (secondary N) is 1. The molecule has 0 aliphatic rings. The van der Waals surface area contributed by atoms with Gasteiger partial charge in [0.2, 0.25) is 0 Å². The second-order valence-corrected chi connectivity index (χ2v) is 6.11. The van der Waals surface area contributed by atoms with E-state index in [0.29, 0.717) is 5.71 Å². The number of hydrazone groups is 1. The number of ether oxygens (including phenoxy) is 1. The minimum atomic E-state index is -3.81. The van der Waals surface area contributed by atoms with Crippen LogP contribution in [0.5, 0.6) is 0 Å². The second-order valence-electron chi connectivity index (χ2n) is 3.70. The van der Waals surface area contributed by atoms with Crippen LogP contribution in [-0.4, -0.2) is 55.9 Å². The van der Waals surface area contributed by atoms with Gasteiger partial charge < -0.3 is 4.74 Å². The summed E-state index contributed by atoms with van der Waals surface area (Å²) >= 11 is 11.1. The first kappa shape index (κ1) is 19.4. The Morgan fingerprint density at radius 2 is 1.85 bits per heavy atom. The highest BCUT2D eigenvalue weighted by molar-refractivity contribution is 7.87. The Labute approximate surface area is 129 Å². The van der Waals surface area contributed by atoms with Crippen LogP contribution in [0.15, 0.2) is 5.10 Å². The summed E-state index contributed by atoms with van der Waals surface area (Å²) in [5.74, 6) is -0.182. The summed E-state index contributed by atoms with van der Waals surface area (Å²) in [7, 11) is -3.81. The Balaban J connectivity index is 4.61. The number of carbonyl (C=O) groups is 1. The van der Waals surface area contributed by atoms with E-state index in [2.05, 4.69) is 5.10 Å². The van der Waals surface area contributed by atoms with Gasteiger partial charge in [0.25, 0.3) is 0 Å². The fourth-order valence-electron chi connectivity index (χ4n) is 1.19. The third-order valence-corrected chi connectivity index (χ3v) is 3.77. The average molecular weight is 348 g/mol. The summed E-state index contributed by atoms with van der Waals surface area (Å²) in [6.45, 7) is 3.71. The lowest BCUT2D eigenvalue weighted by atomic mass is 10.3. The van der Waals surface area contributed by atoms with Crippen LogP contribution in [0.1, 0.15) is 20.3 Å². The molecule has 0 aliphatic heterocycles.